The lowest BCUT2D eigenvalue weighted by Gasteiger charge is -2.31. The van der Waals surface area contributed by atoms with E-state index in [0.29, 0.717) is 11.8 Å². The molecule has 3 atom stereocenters. The number of carbonyl (C=O) groups is 1. The van der Waals surface area contributed by atoms with E-state index in [1.165, 1.54) is 0 Å². The van der Waals surface area contributed by atoms with Gasteiger partial charge in [-0.3, -0.25) is 4.79 Å². The molecular weight excluding hydrogens is 281 g/mol. The predicted molar refractivity (Wildman–Crippen MR) is 71.3 cm³/mol. The fourth-order valence-electron chi connectivity index (χ4n) is 3.39. The van der Waals surface area contributed by atoms with Crippen LogP contribution in [0.1, 0.15) is 29.6 Å². The number of benzene rings is 1. The molecule has 114 valence electrons. The highest BCUT2D eigenvalue weighted by Gasteiger charge is 2.34. The van der Waals surface area contributed by atoms with Crippen LogP contribution in [0.5, 0.6) is 0 Å². The zero-order chi connectivity index (χ0) is 15.0. The Kier molecular flexibility index (Phi) is 3.89. The van der Waals surface area contributed by atoms with Crippen LogP contribution in [0.4, 0.5) is 13.2 Å². The third kappa shape index (κ3) is 2.90. The largest absolute Gasteiger partial charge is 0.349 e. The number of nitrogens with one attached hydrogen (secondary N) is 2. The highest BCUT2D eigenvalue weighted by molar-refractivity contribution is 5.94. The molecule has 3 rings (SSSR count). The van der Waals surface area contributed by atoms with Gasteiger partial charge in [0.05, 0.1) is 0 Å². The van der Waals surface area contributed by atoms with Gasteiger partial charge in [0.25, 0.3) is 5.91 Å². The molecule has 2 fully saturated rings. The molecule has 1 saturated carbocycles. The number of rotatable bonds is 2. The number of hydrogen-bond acceptors (Lipinski definition) is 2. The lowest BCUT2D eigenvalue weighted by Crippen LogP contribution is -2.40. The van der Waals surface area contributed by atoms with Crippen LogP contribution < -0.4 is 10.6 Å². The lowest BCUT2D eigenvalue weighted by molar-refractivity contribution is 0.0912. The SMILES string of the molecule is O=C(NC1CC[C@H]2CNC[C@H]2C1)c1cc(F)c(F)c(F)c1. The molecule has 2 aliphatic rings. The molecule has 1 unspecified atom stereocenters. The van der Waals surface area contributed by atoms with Crippen molar-refractivity contribution in [1.82, 2.24) is 10.6 Å². The van der Waals surface area contributed by atoms with Crippen LogP contribution in [0.25, 0.3) is 0 Å². The van der Waals surface area contributed by atoms with Gasteiger partial charge in [-0.2, -0.15) is 0 Å². The molecule has 0 spiro atoms. The first kappa shape index (κ1) is 14.4. The maximum absolute atomic E-state index is 13.2. The first-order chi connectivity index (χ1) is 10.0. The molecule has 1 aliphatic carbocycles. The van der Waals surface area contributed by atoms with Crippen LogP contribution in [0.2, 0.25) is 0 Å². The first-order valence-corrected chi connectivity index (χ1v) is 7.20. The van der Waals surface area contributed by atoms with Gasteiger partial charge in [-0.1, -0.05) is 0 Å². The van der Waals surface area contributed by atoms with Crippen molar-refractivity contribution in [3.8, 4) is 0 Å². The summed E-state index contributed by atoms with van der Waals surface area (Å²) < 4.78 is 39.2. The van der Waals surface area contributed by atoms with E-state index < -0.39 is 23.4 Å². The summed E-state index contributed by atoms with van der Waals surface area (Å²) >= 11 is 0. The maximum Gasteiger partial charge on any atom is 0.251 e. The van der Waals surface area contributed by atoms with E-state index in [0.717, 1.165) is 44.5 Å². The van der Waals surface area contributed by atoms with Gasteiger partial charge >= 0.3 is 0 Å². The third-order valence-corrected chi connectivity index (χ3v) is 4.53. The minimum atomic E-state index is -1.55. The molecule has 1 heterocycles. The number of carbonyl (C=O) groups excluding carboxylic acids is 1. The second-order valence-corrected chi connectivity index (χ2v) is 5.92. The lowest BCUT2D eigenvalue weighted by atomic mass is 9.79. The standard InChI is InChI=1S/C15H17F3N2O/c16-12-4-9(5-13(17)14(12)18)15(21)20-11-2-1-8-6-19-7-10(8)3-11/h4-5,8,10-11,19H,1-3,6-7H2,(H,20,21)/t8-,10+,11?/m0/s1. The van der Waals surface area contributed by atoms with Crippen LogP contribution in [0.15, 0.2) is 12.1 Å². The summed E-state index contributed by atoms with van der Waals surface area (Å²) in [6.07, 6.45) is 2.77. The molecule has 1 aromatic carbocycles. The van der Waals surface area contributed by atoms with Crippen molar-refractivity contribution in [3.63, 3.8) is 0 Å². The summed E-state index contributed by atoms with van der Waals surface area (Å²) in [6.45, 7) is 1.98. The van der Waals surface area contributed by atoms with E-state index in [1.54, 1.807) is 0 Å². The van der Waals surface area contributed by atoms with Crippen LogP contribution in [0.3, 0.4) is 0 Å². The molecule has 2 N–H and O–H groups in total. The zero-order valence-electron chi connectivity index (χ0n) is 11.5. The number of fused-ring (bicyclic) bond motifs is 1. The summed E-state index contributed by atoms with van der Waals surface area (Å²) in [5.41, 5.74) is -0.182. The quantitative estimate of drug-likeness (QED) is 0.822. The second kappa shape index (κ2) is 5.67. The Hall–Kier alpha value is -1.56. The summed E-state index contributed by atoms with van der Waals surface area (Å²) in [5, 5.41) is 6.14. The Morgan fingerprint density at radius 1 is 1.10 bits per heavy atom. The predicted octanol–water partition coefficient (Wildman–Crippen LogP) is 2.22. The Balaban J connectivity index is 1.66. The summed E-state index contributed by atoms with van der Waals surface area (Å²) in [6, 6.07) is 1.47. The fraction of sp³-hybridized carbons (Fsp3) is 0.533. The van der Waals surface area contributed by atoms with Gasteiger partial charge in [-0.25, -0.2) is 13.2 Å². The summed E-state index contributed by atoms with van der Waals surface area (Å²) in [4.78, 5) is 12.0. The van der Waals surface area contributed by atoms with E-state index in [-0.39, 0.29) is 11.6 Å². The molecule has 0 bridgehead atoms. The normalized spacial score (nSPS) is 28.2. The van der Waals surface area contributed by atoms with Crippen molar-refractivity contribution >= 4 is 5.91 Å². The topological polar surface area (TPSA) is 41.1 Å². The van der Waals surface area contributed by atoms with Crippen molar-refractivity contribution in [2.75, 3.05) is 13.1 Å². The summed E-state index contributed by atoms with van der Waals surface area (Å²) in [5.74, 6) is -3.58. The smallest absolute Gasteiger partial charge is 0.251 e. The minimum Gasteiger partial charge on any atom is -0.349 e. The Labute approximate surface area is 120 Å². The van der Waals surface area contributed by atoms with Crippen LogP contribution in [-0.4, -0.2) is 25.0 Å². The molecule has 0 aromatic heterocycles. The molecule has 1 amide bonds. The van der Waals surface area contributed by atoms with Crippen molar-refractivity contribution in [3.05, 3.63) is 35.1 Å². The van der Waals surface area contributed by atoms with Gasteiger partial charge in [0.1, 0.15) is 0 Å². The Bertz CT molecular complexity index is 541. The van der Waals surface area contributed by atoms with Crippen LogP contribution in [0, 0.1) is 29.3 Å². The number of halogens is 3. The molecule has 1 saturated heterocycles. The molecule has 21 heavy (non-hydrogen) atoms. The highest BCUT2D eigenvalue weighted by atomic mass is 19.2. The Morgan fingerprint density at radius 3 is 2.48 bits per heavy atom. The maximum atomic E-state index is 13.2. The second-order valence-electron chi connectivity index (χ2n) is 5.92. The van der Waals surface area contributed by atoms with Crippen molar-refractivity contribution in [1.29, 1.82) is 0 Å². The van der Waals surface area contributed by atoms with Gasteiger partial charge < -0.3 is 10.6 Å². The third-order valence-electron chi connectivity index (χ3n) is 4.53. The van der Waals surface area contributed by atoms with Crippen LogP contribution in [-0.2, 0) is 0 Å². The zero-order valence-corrected chi connectivity index (χ0v) is 11.5. The minimum absolute atomic E-state index is 0.00910. The summed E-state index contributed by atoms with van der Waals surface area (Å²) in [7, 11) is 0. The van der Waals surface area contributed by atoms with Crippen LogP contribution >= 0.6 is 0 Å². The monoisotopic (exact) mass is 298 g/mol. The van der Waals surface area contributed by atoms with Crippen molar-refractivity contribution in [2.24, 2.45) is 11.8 Å². The van der Waals surface area contributed by atoms with E-state index in [2.05, 4.69) is 10.6 Å². The van der Waals surface area contributed by atoms with Gasteiger partial charge in [-0.15, -0.1) is 0 Å². The molecule has 1 aliphatic heterocycles. The molecular formula is C15H17F3N2O. The fourth-order valence-corrected chi connectivity index (χ4v) is 3.39. The van der Waals surface area contributed by atoms with E-state index in [9.17, 15) is 18.0 Å². The van der Waals surface area contributed by atoms with Gasteiger partial charge in [0.2, 0.25) is 0 Å². The number of amides is 1. The van der Waals surface area contributed by atoms with Gasteiger partial charge in [-0.05, 0) is 56.3 Å². The van der Waals surface area contributed by atoms with Crippen molar-refractivity contribution < 1.29 is 18.0 Å². The number of hydrogen-bond donors (Lipinski definition) is 2. The van der Waals surface area contributed by atoms with E-state index in [1.807, 2.05) is 0 Å². The highest BCUT2D eigenvalue weighted by Crippen LogP contribution is 2.32. The van der Waals surface area contributed by atoms with E-state index >= 15 is 0 Å². The first-order valence-electron chi connectivity index (χ1n) is 7.20. The molecule has 3 nitrogen and oxygen atoms in total. The van der Waals surface area contributed by atoms with Crippen molar-refractivity contribution in [2.45, 2.75) is 25.3 Å². The average Bonchev–Trinajstić information content (AvgIpc) is 2.91. The Morgan fingerprint density at radius 2 is 1.76 bits per heavy atom. The average molecular weight is 298 g/mol. The molecule has 0 radical (unpaired) electrons. The molecule has 6 heteroatoms. The molecule has 1 aromatic rings. The van der Waals surface area contributed by atoms with E-state index in [4.69, 9.17) is 0 Å². The van der Waals surface area contributed by atoms with Gasteiger partial charge in [0, 0.05) is 11.6 Å². The van der Waals surface area contributed by atoms with Gasteiger partial charge in [0.15, 0.2) is 17.5 Å².